The van der Waals surface area contributed by atoms with Crippen LogP contribution in [-0.2, 0) is 9.47 Å². The van der Waals surface area contributed by atoms with Gasteiger partial charge in [-0.3, -0.25) is 14.5 Å². The van der Waals surface area contributed by atoms with Crippen LogP contribution in [0.1, 0.15) is 41.0 Å². The third kappa shape index (κ3) is 4.22. The van der Waals surface area contributed by atoms with Gasteiger partial charge in [0.05, 0.1) is 43.4 Å². The number of nitrogens with zero attached hydrogens (tertiary/aromatic N) is 2. The highest BCUT2D eigenvalue weighted by molar-refractivity contribution is 6.26. The van der Waals surface area contributed by atoms with Crippen molar-refractivity contribution in [1.82, 2.24) is 4.90 Å². The lowest BCUT2D eigenvalue weighted by molar-refractivity contribution is 0.0612. The van der Waals surface area contributed by atoms with E-state index in [4.69, 9.17) is 9.47 Å². The minimum atomic E-state index is -0.720. The minimum absolute atomic E-state index is 0.0229. The zero-order valence-electron chi connectivity index (χ0n) is 17.8. The van der Waals surface area contributed by atoms with Crippen LogP contribution in [0.5, 0.6) is 0 Å². The van der Waals surface area contributed by atoms with E-state index in [0.29, 0.717) is 29.1 Å². The maximum atomic E-state index is 13.4. The molecule has 2 aromatic carbocycles. The average Bonchev–Trinajstić information content (AvgIpc) is 3.05. The second kappa shape index (κ2) is 9.77. The summed E-state index contributed by atoms with van der Waals surface area (Å²) >= 11 is 0. The molecule has 3 rings (SSSR count). The van der Waals surface area contributed by atoms with Crippen molar-refractivity contribution in [2.24, 2.45) is 0 Å². The predicted molar refractivity (Wildman–Crippen MR) is 118 cm³/mol. The molecule has 0 saturated heterocycles. The zero-order chi connectivity index (χ0) is 22.4. The van der Waals surface area contributed by atoms with E-state index in [9.17, 15) is 14.9 Å². The molecule has 2 amide bonds. The smallest absolute Gasteiger partial charge is 0.262 e. The van der Waals surface area contributed by atoms with Crippen molar-refractivity contribution in [3.05, 3.63) is 83.3 Å². The van der Waals surface area contributed by atoms with E-state index in [2.05, 4.69) is 6.07 Å². The van der Waals surface area contributed by atoms with E-state index in [1.165, 1.54) is 18.3 Å². The van der Waals surface area contributed by atoms with Crippen molar-refractivity contribution >= 4 is 22.6 Å². The lowest BCUT2D eigenvalue weighted by Gasteiger charge is -2.25. The molecule has 1 aliphatic rings. The monoisotopic (exact) mass is 416 g/mol. The first-order chi connectivity index (χ1) is 15.1. The Hall–Kier alpha value is -3.85. The first-order valence-corrected chi connectivity index (χ1v) is 10.0. The molecule has 0 saturated carbocycles. The lowest BCUT2D eigenvalue weighted by atomic mass is 10.0. The van der Waals surface area contributed by atoms with Crippen molar-refractivity contribution in [2.45, 2.75) is 26.3 Å². The molecule has 2 aromatic rings. The van der Waals surface area contributed by atoms with Gasteiger partial charge in [0.1, 0.15) is 6.26 Å². The molecule has 0 aliphatic carbocycles. The number of imide groups is 1. The number of carbonyl (C=O) groups is 2. The van der Waals surface area contributed by atoms with Gasteiger partial charge in [-0.1, -0.05) is 42.5 Å². The Morgan fingerprint density at radius 2 is 1.94 bits per heavy atom. The molecule has 31 heavy (non-hydrogen) atoms. The van der Waals surface area contributed by atoms with Crippen molar-refractivity contribution in [3.63, 3.8) is 0 Å². The average molecular weight is 416 g/mol. The molecule has 0 radical (unpaired) electrons. The highest BCUT2D eigenvalue weighted by Gasteiger charge is 2.41. The van der Waals surface area contributed by atoms with Crippen LogP contribution in [0.3, 0.4) is 0 Å². The number of allylic oxidation sites excluding steroid dienone is 2. The Kier molecular flexibility index (Phi) is 6.88. The Morgan fingerprint density at radius 1 is 1.16 bits per heavy atom. The van der Waals surface area contributed by atoms with E-state index >= 15 is 0 Å². The molecule has 6 nitrogen and oxygen atoms in total. The van der Waals surface area contributed by atoms with Gasteiger partial charge < -0.3 is 9.47 Å². The lowest BCUT2D eigenvalue weighted by Crippen LogP contribution is -2.40. The van der Waals surface area contributed by atoms with Crippen molar-refractivity contribution in [1.29, 1.82) is 5.26 Å². The van der Waals surface area contributed by atoms with Crippen molar-refractivity contribution < 1.29 is 19.1 Å². The molecular weight excluding hydrogens is 392 g/mol. The third-order valence-corrected chi connectivity index (χ3v) is 5.17. The molecule has 0 fully saturated rings. The molecule has 0 aromatic heterocycles. The van der Waals surface area contributed by atoms with Gasteiger partial charge in [0, 0.05) is 0 Å². The maximum absolute atomic E-state index is 13.4. The SMILES string of the molecule is C\C=C(/C=C\C(=C\OCC)OC)C(CC#N)N1C(=O)c2ccc3ccccc3c2C1=O. The normalized spacial score (nSPS) is 15.4. The number of carbonyl (C=O) groups excluding carboxylic acids is 2. The maximum Gasteiger partial charge on any atom is 0.262 e. The number of fused-ring (bicyclic) bond motifs is 3. The summed E-state index contributed by atoms with van der Waals surface area (Å²) in [6.45, 7) is 4.16. The van der Waals surface area contributed by atoms with E-state index < -0.39 is 11.9 Å². The van der Waals surface area contributed by atoms with Gasteiger partial charge in [-0.25, -0.2) is 0 Å². The molecule has 1 aliphatic heterocycles. The van der Waals surface area contributed by atoms with Crippen LogP contribution < -0.4 is 0 Å². The molecule has 0 spiro atoms. The Morgan fingerprint density at radius 3 is 2.61 bits per heavy atom. The number of rotatable bonds is 8. The van der Waals surface area contributed by atoms with Gasteiger partial charge >= 0.3 is 0 Å². The van der Waals surface area contributed by atoms with Crippen LogP contribution in [0, 0.1) is 11.3 Å². The van der Waals surface area contributed by atoms with Gasteiger partial charge in [-0.05, 0) is 42.3 Å². The van der Waals surface area contributed by atoms with E-state index in [-0.39, 0.29) is 12.3 Å². The van der Waals surface area contributed by atoms with Gasteiger partial charge in [-0.15, -0.1) is 0 Å². The summed E-state index contributed by atoms with van der Waals surface area (Å²) in [4.78, 5) is 27.8. The minimum Gasteiger partial charge on any atom is -0.498 e. The fraction of sp³-hybridized carbons (Fsp3) is 0.240. The van der Waals surface area contributed by atoms with Crippen LogP contribution in [0.2, 0.25) is 0 Å². The number of nitriles is 1. The summed E-state index contributed by atoms with van der Waals surface area (Å²) in [5.74, 6) is -0.303. The van der Waals surface area contributed by atoms with Gasteiger partial charge in [0.2, 0.25) is 0 Å². The number of benzene rings is 2. The van der Waals surface area contributed by atoms with Gasteiger partial charge in [0.15, 0.2) is 5.76 Å². The summed E-state index contributed by atoms with van der Waals surface area (Å²) in [6, 6.07) is 12.4. The number of ether oxygens (including phenoxy) is 2. The van der Waals surface area contributed by atoms with Crippen molar-refractivity contribution in [2.75, 3.05) is 13.7 Å². The summed E-state index contributed by atoms with van der Waals surface area (Å²) in [5.41, 5.74) is 1.40. The van der Waals surface area contributed by atoms with Crippen LogP contribution >= 0.6 is 0 Å². The molecule has 1 atom stereocenters. The van der Waals surface area contributed by atoms with E-state index in [1.54, 1.807) is 31.2 Å². The predicted octanol–water partition coefficient (Wildman–Crippen LogP) is 4.74. The largest absolute Gasteiger partial charge is 0.498 e. The second-order valence-electron chi connectivity index (χ2n) is 6.87. The highest BCUT2D eigenvalue weighted by Crippen LogP contribution is 2.33. The highest BCUT2D eigenvalue weighted by atomic mass is 16.5. The summed E-state index contributed by atoms with van der Waals surface area (Å²) < 4.78 is 10.5. The quantitative estimate of drug-likeness (QED) is 0.353. The standard InChI is InChI=1S/C25H24N2O4/c1-4-17(10-12-19(30-3)16-31-5-2)22(14-15-26)27-24(28)21-13-11-18-8-6-7-9-20(18)23(21)25(27)29/h4,6-13,16,22H,5,14H2,1-3H3/b12-10-,17-4+,19-16-. The fourth-order valence-corrected chi connectivity index (χ4v) is 3.65. The zero-order valence-corrected chi connectivity index (χ0v) is 17.8. The number of methoxy groups -OCH3 is 1. The van der Waals surface area contributed by atoms with Gasteiger partial charge in [0.25, 0.3) is 11.8 Å². The number of hydrogen-bond donors (Lipinski definition) is 0. The summed E-state index contributed by atoms with van der Waals surface area (Å²) in [6.07, 6.45) is 6.66. The van der Waals surface area contributed by atoms with Gasteiger partial charge in [-0.2, -0.15) is 5.26 Å². The fourth-order valence-electron chi connectivity index (χ4n) is 3.65. The second-order valence-corrected chi connectivity index (χ2v) is 6.87. The first kappa shape index (κ1) is 21.8. The van der Waals surface area contributed by atoms with Crippen LogP contribution in [0.15, 0.2) is 72.2 Å². The summed E-state index contributed by atoms with van der Waals surface area (Å²) in [7, 11) is 1.52. The van der Waals surface area contributed by atoms with Crippen LogP contribution in [-0.4, -0.2) is 36.5 Å². The van der Waals surface area contributed by atoms with Crippen molar-refractivity contribution in [3.8, 4) is 6.07 Å². The van der Waals surface area contributed by atoms with E-state index in [0.717, 1.165) is 10.8 Å². The van der Waals surface area contributed by atoms with E-state index in [1.807, 2.05) is 37.3 Å². The third-order valence-electron chi connectivity index (χ3n) is 5.17. The molecule has 6 heteroatoms. The first-order valence-electron chi connectivity index (χ1n) is 10.0. The van der Waals surface area contributed by atoms with Crippen LogP contribution in [0.4, 0.5) is 0 Å². The Balaban J connectivity index is 2.01. The summed E-state index contributed by atoms with van der Waals surface area (Å²) in [5, 5.41) is 11.1. The molecule has 1 unspecified atom stereocenters. The Labute approximate surface area is 181 Å². The van der Waals surface area contributed by atoms with Crippen LogP contribution in [0.25, 0.3) is 10.8 Å². The topological polar surface area (TPSA) is 79.6 Å². The molecule has 0 N–H and O–H groups in total. The molecule has 1 heterocycles. The number of amides is 2. The molecule has 158 valence electrons. The number of hydrogen-bond acceptors (Lipinski definition) is 5. The Bertz CT molecular complexity index is 1140. The molecule has 0 bridgehead atoms. The molecular formula is C25H24N2O4.